The van der Waals surface area contributed by atoms with Crippen molar-refractivity contribution in [2.45, 2.75) is 25.9 Å². The van der Waals surface area contributed by atoms with E-state index in [1.807, 2.05) is 56.6 Å². The molecular weight excluding hydrogens is 408 g/mol. The highest BCUT2D eigenvalue weighted by atomic mass is 16.1. The molecule has 1 aromatic carbocycles. The Balaban J connectivity index is 1.75. The number of nitrogens with two attached hydrogens (primary N) is 2. The summed E-state index contributed by atoms with van der Waals surface area (Å²) in [5, 5.41) is 14.9. The lowest BCUT2D eigenvalue weighted by atomic mass is 10.2. The van der Waals surface area contributed by atoms with Crippen molar-refractivity contribution in [3.8, 4) is 11.4 Å². The first-order valence-corrected chi connectivity index (χ1v) is 10.0. The van der Waals surface area contributed by atoms with Crippen LogP contribution in [0.25, 0.3) is 11.4 Å². The molecule has 0 saturated heterocycles. The Kier molecular flexibility index (Phi) is 5.81. The lowest BCUT2D eigenvalue weighted by molar-refractivity contribution is 0.100. The third-order valence-electron chi connectivity index (χ3n) is 4.90. The van der Waals surface area contributed by atoms with Crippen LogP contribution in [-0.4, -0.2) is 47.5 Å². The molecule has 11 heteroatoms. The van der Waals surface area contributed by atoms with Crippen molar-refractivity contribution in [1.29, 1.82) is 0 Å². The molecule has 0 aliphatic rings. The normalized spacial score (nSPS) is 12.8. The lowest BCUT2D eigenvalue weighted by Crippen LogP contribution is -2.35. The van der Waals surface area contributed by atoms with Crippen molar-refractivity contribution in [1.82, 2.24) is 29.5 Å². The molecule has 0 radical (unpaired) electrons. The van der Waals surface area contributed by atoms with Crippen LogP contribution in [0.3, 0.4) is 0 Å². The Bertz CT molecular complexity index is 1150. The van der Waals surface area contributed by atoms with Gasteiger partial charge in [-0.05, 0) is 44.2 Å². The minimum Gasteiger partial charge on any atom is -0.365 e. The number of rotatable bonds is 8. The third kappa shape index (κ3) is 4.57. The topological polar surface area (TPSA) is 155 Å². The van der Waals surface area contributed by atoms with Crippen LogP contribution in [0.1, 0.15) is 24.2 Å². The zero-order chi connectivity index (χ0) is 22.7. The highest BCUT2D eigenvalue weighted by molar-refractivity contribution is 5.98. The summed E-state index contributed by atoms with van der Waals surface area (Å²) in [4.78, 5) is 20.7. The molecule has 6 N–H and O–H groups in total. The average molecular weight is 432 g/mol. The van der Waals surface area contributed by atoms with Crippen LogP contribution in [0.4, 0.5) is 17.5 Å². The number of anilines is 3. The third-order valence-corrected chi connectivity index (χ3v) is 4.90. The molecule has 32 heavy (non-hydrogen) atoms. The van der Waals surface area contributed by atoms with E-state index in [1.54, 1.807) is 21.8 Å². The molecule has 4 aromatic rings. The maximum Gasteiger partial charge on any atom is 0.254 e. The van der Waals surface area contributed by atoms with Gasteiger partial charge in [-0.1, -0.05) is 0 Å². The van der Waals surface area contributed by atoms with E-state index in [0.717, 1.165) is 11.4 Å². The van der Waals surface area contributed by atoms with Crippen molar-refractivity contribution in [3.63, 3.8) is 0 Å². The van der Waals surface area contributed by atoms with Gasteiger partial charge >= 0.3 is 0 Å². The molecule has 11 nitrogen and oxygen atoms in total. The fraction of sp³-hybridized carbons (Fsp3) is 0.190. The van der Waals surface area contributed by atoms with Gasteiger partial charge in [0.15, 0.2) is 0 Å². The molecule has 0 aliphatic carbocycles. The number of aromatic nitrogens is 6. The van der Waals surface area contributed by atoms with Crippen molar-refractivity contribution in [3.05, 3.63) is 66.9 Å². The minimum absolute atomic E-state index is 0.0724. The van der Waals surface area contributed by atoms with Gasteiger partial charge in [0, 0.05) is 48.8 Å². The van der Waals surface area contributed by atoms with Crippen molar-refractivity contribution in [2.24, 2.45) is 11.5 Å². The SMILES string of the molecule is CC(N)C(C)Nc1ncc(C(N)=O)c(Nc2cc(-n3cccn3)cc(-n3cccn3)c2)n1. The number of hydrogen-bond donors (Lipinski definition) is 4. The predicted octanol–water partition coefficient (Wildman–Crippen LogP) is 1.84. The zero-order valence-electron chi connectivity index (χ0n) is 17.7. The molecule has 0 bridgehead atoms. The monoisotopic (exact) mass is 432 g/mol. The summed E-state index contributed by atoms with van der Waals surface area (Å²) >= 11 is 0. The van der Waals surface area contributed by atoms with Crippen LogP contribution >= 0.6 is 0 Å². The van der Waals surface area contributed by atoms with Gasteiger partial charge in [0.25, 0.3) is 5.91 Å². The van der Waals surface area contributed by atoms with E-state index in [-0.39, 0.29) is 23.5 Å². The summed E-state index contributed by atoms with van der Waals surface area (Å²) in [5.41, 5.74) is 13.9. The number of benzene rings is 1. The molecule has 0 fully saturated rings. The summed E-state index contributed by atoms with van der Waals surface area (Å²) in [7, 11) is 0. The van der Waals surface area contributed by atoms with Crippen LogP contribution < -0.4 is 22.1 Å². The van der Waals surface area contributed by atoms with Gasteiger partial charge in [-0.2, -0.15) is 15.2 Å². The van der Waals surface area contributed by atoms with Gasteiger partial charge in [0.2, 0.25) is 5.95 Å². The van der Waals surface area contributed by atoms with Crippen molar-refractivity contribution >= 4 is 23.4 Å². The van der Waals surface area contributed by atoms with Gasteiger partial charge in [0.05, 0.1) is 11.4 Å². The first-order valence-electron chi connectivity index (χ1n) is 10.0. The number of primary amides is 1. The summed E-state index contributed by atoms with van der Waals surface area (Å²) in [5.74, 6) is -0.0384. The highest BCUT2D eigenvalue weighted by Crippen LogP contribution is 2.25. The van der Waals surface area contributed by atoms with Gasteiger partial charge in [-0.3, -0.25) is 4.79 Å². The number of carbonyl (C=O) groups excluding carboxylic acids is 1. The zero-order valence-corrected chi connectivity index (χ0v) is 17.7. The quantitative estimate of drug-likeness (QED) is 0.329. The van der Waals surface area contributed by atoms with Gasteiger partial charge < -0.3 is 22.1 Å². The number of hydrogen-bond acceptors (Lipinski definition) is 8. The molecule has 2 unspecified atom stereocenters. The molecule has 4 rings (SSSR count). The summed E-state index contributed by atoms with van der Waals surface area (Å²) in [6.45, 7) is 3.80. The van der Waals surface area contributed by atoms with Crippen LogP contribution in [-0.2, 0) is 0 Å². The minimum atomic E-state index is -0.644. The molecule has 0 aliphatic heterocycles. The molecule has 0 saturated carbocycles. The van der Waals surface area contributed by atoms with Crippen LogP contribution in [0.15, 0.2) is 61.3 Å². The summed E-state index contributed by atoms with van der Waals surface area (Å²) in [6, 6.07) is 9.18. The standard InChI is InChI=1S/C21H24N10O/c1-13(22)14(2)27-21-24-12-18(19(23)32)20(29-21)28-15-9-16(30-7-3-5-25-30)11-17(10-15)31-8-4-6-26-31/h3-14H,22H2,1-2H3,(H2,23,32)(H2,24,27,28,29). The van der Waals surface area contributed by atoms with E-state index in [0.29, 0.717) is 11.6 Å². The summed E-state index contributed by atoms with van der Waals surface area (Å²) < 4.78 is 3.45. The molecule has 164 valence electrons. The Morgan fingerprint density at radius 3 is 2.16 bits per heavy atom. The van der Waals surface area contributed by atoms with Crippen LogP contribution in [0, 0.1) is 0 Å². The molecule has 0 spiro atoms. The van der Waals surface area contributed by atoms with Crippen LogP contribution in [0.5, 0.6) is 0 Å². The number of carbonyl (C=O) groups is 1. The van der Waals surface area contributed by atoms with E-state index in [1.165, 1.54) is 6.20 Å². The number of nitrogens with one attached hydrogen (secondary N) is 2. The van der Waals surface area contributed by atoms with Crippen molar-refractivity contribution < 1.29 is 4.79 Å². The van der Waals surface area contributed by atoms with E-state index in [9.17, 15) is 4.79 Å². The number of nitrogens with zero attached hydrogens (tertiary/aromatic N) is 6. The van der Waals surface area contributed by atoms with E-state index in [2.05, 4.69) is 30.8 Å². The Labute approximate surface area is 184 Å². The average Bonchev–Trinajstić information content (AvgIpc) is 3.48. The van der Waals surface area contributed by atoms with Gasteiger partial charge in [0.1, 0.15) is 11.4 Å². The Morgan fingerprint density at radius 1 is 1.03 bits per heavy atom. The Morgan fingerprint density at radius 2 is 1.66 bits per heavy atom. The van der Waals surface area contributed by atoms with Gasteiger partial charge in [-0.15, -0.1) is 0 Å². The fourth-order valence-electron chi connectivity index (χ4n) is 2.97. The highest BCUT2D eigenvalue weighted by Gasteiger charge is 2.16. The fourth-order valence-corrected chi connectivity index (χ4v) is 2.97. The smallest absolute Gasteiger partial charge is 0.254 e. The summed E-state index contributed by atoms with van der Waals surface area (Å²) in [6.07, 6.45) is 8.45. The molecule has 3 aromatic heterocycles. The Hall–Kier alpha value is -4.25. The van der Waals surface area contributed by atoms with Crippen LogP contribution in [0.2, 0.25) is 0 Å². The number of amides is 1. The second-order valence-electron chi connectivity index (χ2n) is 7.38. The van der Waals surface area contributed by atoms with E-state index >= 15 is 0 Å². The molecular formula is C21H24N10O. The maximum absolute atomic E-state index is 12.0. The maximum atomic E-state index is 12.0. The first kappa shape index (κ1) is 21.0. The van der Waals surface area contributed by atoms with Gasteiger partial charge in [-0.25, -0.2) is 14.3 Å². The predicted molar refractivity (Wildman–Crippen MR) is 121 cm³/mol. The molecule has 2 atom stereocenters. The van der Waals surface area contributed by atoms with E-state index < -0.39 is 5.91 Å². The van der Waals surface area contributed by atoms with E-state index in [4.69, 9.17) is 11.5 Å². The molecule has 3 heterocycles. The molecule has 1 amide bonds. The second kappa shape index (κ2) is 8.86. The first-order chi connectivity index (χ1) is 15.4. The lowest BCUT2D eigenvalue weighted by Gasteiger charge is -2.18. The largest absolute Gasteiger partial charge is 0.365 e. The second-order valence-corrected chi connectivity index (χ2v) is 7.38. The van der Waals surface area contributed by atoms with Crippen molar-refractivity contribution in [2.75, 3.05) is 10.6 Å².